The van der Waals surface area contributed by atoms with E-state index in [0.717, 1.165) is 12.0 Å². The number of halogens is 4. The minimum absolute atomic E-state index is 0.0586. The van der Waals surface area contributed by atoms with Crippen molar-refractivity contribution >= 4 is 5.97 Å². The number of alkyl halides is 3. The van der Waals surface area contributed by atoms with Crippen LogP contribution in [0.25, 0.3) is 0 Å². The Kier molecular flexibility index (Phi) is 5.67. The van der Waals surface area contributed by atoms with Crippen LogP contribution in [0.5, 0.6) is 0 Å². The van der Waals surface area contributed by atoms with Crippen molar-refractivity contribution in [3.63, 3.8) is 0 Å². The molecule has 2 atom stereocenters. The molecular formula is C13H12F4N2O2. The smallest absolute Gasteiger partial charge is 0.475 e. The van der Waals surface area contributed by atoms with E-state index in [4.69, 9.17) is 15.2 Å². The maximum Gasteiger partial charge on any atom is 0.490 e. The van der Waals surface area contributed by atoms with Gasteiger partial charge in [-0.15, -0.1) is 0 Å². The van der Waals surface area contributed by atoms with Gasteiger partial charge in [-0.25, -0.2) is 9.18 Å². The molecule has 0 radical (unpaired) electrons. The summed E-state index contributed by atoms with van der Waals surface area (Å²) in [6, 6.07) is 8.90. The summed E-state index contributed by atoms with van der Waals surface area (Å²) in [5.41, 5.74) is 0.933. The summed E-state index contributed by atoms with van der Waals surface area (Å²) in [6.45, 7) is 0.706. The zero-order chi connectivity index (χ0) is 16.0. The number of nitrogens with zero attached hydrogens (tertiary/aromatic N) is 1. The monoisotopic (exact) mass is 304 g/mol. The van der Waals surface area contributed by atoms with Crippen LogP contribution in [0.1, 0.15) is 18.0 Å². The highest BCUT2D eigenvalue weighted by Crippen LogP contribution is 2.26. The van der Waals surface area contributed by atoms with Crippen LogP contribution in [0.15, 0.2) is 24.3 Å². The van der Waals surface area contributed by atoms with Gasteiger partial charge in [0, 0.05) is 12.6 Å². The molecule has 0 saturated carbocycles. The van der Waals surface area contributed by atoms with Gasteiger partial charge >= 0.3 is 12.1 Å². The lowest BCUT2D eigenvalue weighted by molar-refractivity contribution is -0.192. The molecule has 0 spiro atoms. The molecule has 21 heavy (non-hydrogen) atoms. The van der Waals surface area contributed by atoms with E-state index >= 15 is 0 Å². The number of nitrogens with one attached hydrogen (secondary N) is 1. The van der Waals surface area contributed by atoms with Crippen LogP contribution in [0, 0.1) is 23.1 Å². The molecule has 0 bridgehead atoms. The van der Waals surface area contributed by atoms with Crippen molar-refractivity contribution in [2.75, 3.05) is 6.54 Å². The Labute approximate surface area is 118 Å². The standard InChI is InChI=1S/C11H11FN2.C2HF3O2/c12-10-3-1-2-9(5-10)11-4-8(6-13)7-14-11;3-2(4,5)1(6)7/h1-3,5,8,11,14H,4,7H2;(H,6,7)/t8-,11-;/m1./s1. The summed E-state index contributed by atoms with van der Waals surface area (Å²) >= 11 is 0. The van der Waals surface area contributed by atoms with Crippen molar-refractivity contribution in [2.24, 2.45) is 5.92 Å². The normalized spacial score (nSPS) is 21.1. The van der Waals surface area contributed by atoms with E-state index in [-0.39, 0.29) is 17.8 Å². The average molecular weight is 304 g/mol. The molecule has 2 rings (SSSR count). The molecule has 1 aliphatic heterocycles. The van der Waals surface area contributed by atoms with Crippen molar-refractivity contribution in [3.8, 4) is 6.07 Å². The first-order valence-electron chi connectivity index (χ1n) is 5.92. The van der Waals surface area contributed by atoms with Crippen molar-refractivity contribution < 1.29 is 27.5 Å². The molecule has 4 nitrogen and oxygen atoms in total. The van der Waals surface area contributed by atoms with Crippen LogP contribution in [-0.2, 0) is 4.79 Å². The zero-order valence-corrected chi connectivity index (χ0v) is 10.7. The number of benzene rings is 1. The molecule has 8 heteroatoms. The van der Waals surface area contributed by atoms with Gasteiger partial charge in [-0.2, -0.15) is 18.4 Å². The molecule has 1 saturated heterocycles. The second kappa shape index (κ2) is 7.04. The third-order valence-electron chi connectivity index (χ3n) is 2.81. The van der Waals surface area contributed by atoms with Crippen LogP contribution in [-0.4, -0.2) is 23.8 Å². The topological polar surface area (TPSA) is 73.1 Å². The number of hydrogen-bond acceptors (Lipinski definition) is 3. The Hall–Kier alpha value is -2.14. The summed E-state index contributed by atoms with van der Waals surface area (Å²) < 4.78 is 44.6. The quantitative estimate of drug-likeness (QED) is 0.782. The predicted molar refractivity (Wildman–Crippen MR) is 64.6 cm³/mol. The highest BCUT2D eigenvalue weighted by Gasteiger charge is 2.38. The lowest BCUT2D eigenvalue weighted by atomic mass is 10.0. The van der Waals surface area contributed by atoms with E-state index < -0.39 is 12.1 Å². The number of carboxylic acids is 1. The van der Waals surface area contributed by atoms with E-state index in [1.54, 1.807) is 6.07 Å². The molecule has 1 heterocycles. The van der Waals surface area contributed by atoms with Crippen molar-refractivity contribution in [2.45, 2.75) is 18.6 Å². The van der Waals surface area contributed by atoms with Gasteiger partial charge in [0.25, 0.3) is 0 Å². The SMILES string of the molecule is N#C[C@@H]1CN[C@@H](c2cccc(F)c2)C1.O=C(O)C(F)(F)F. The van der Waals surface area contributed by atoms with E-state index in [1.807, 2.05) is 6.07 Å². The van der Waals surface area contributed by atoms with E-state index in [1.165, 1.54) is 12.1 Å². The Morgan fingerprint density at radius 3 is 2.48 bits per heavy atom. The third-order valence-corrected chi connectivity index (χ3v) is 2.81. The molecule has 1 aliphatic rings. The molecular weight excluding hydrogens is 292 g/mol. The first-order valence-corrected chi connectivity index (χ1v) is 5.92. The lowest BCUT2D eigenvalue weighted by Gasteiger charge is -2.09. The second-order valence-corrected chi connectivity index (χ2v) is 4.38. The minimum atomic E-state index is -5.08. The van der Waals surface area contributed by atoms with Crippen molar-refractivity contribution in [3.05, 3.63) is 35.6 Å². The maximum atomic E-state index is 12.9. The summed E-state index contributed by atoms with van der Waals surface area (Å²) in [5.74, 6) is -2.92. The maximum absolute atomic E-state index is 12.9. The fraction of sp³-hybridized carbons (Fsp3) is 0.385. The Balaban J connectivity index is 0.000000270. The van der Waals surface area contributed by atoms with Gasteiger partial charge in [0.2, 0.25) is 0 Å². The molecule has 2 N–H and O–H groups in total. The Morgan fingerprint density at radius 1 is 1.43 bits per heavy atom. The Bertz CT molecular complexity index is 540. The number of carboxylic acid groups (broad SMARTS) is 1. The molecule has 0 amide bonds. The fourth-order valence-electron chi connectivity index (χ4n) is 1.81. The van der Waals surface area contributed by atoms with Crippen LogP contribution in [0.2, 0.25) is 0 Å². The van der Waals surface area contributed by atoms with Crippen LogP contribution in [0.4, 0.5) is 17.6 Å². The predicted octanol–water partition coefficient (Wildman–Crippen LogP) is 2.63. The van der Waals surface area contributed by atoms with E-state index in [9.17, 15) is 17.6 Å². The molecule has 1 aromatic carbocycles. The van der Waals surface area contributed by atoms with Crippen molar-refractivity contribution in [1.29, 1.82) is 5.26 Å². The number of carbonyl (C=O) groups is 1. The number of aliphatic carboxylic acids is 1. The molecule has 0 unspecified atom stereocenters. The van der Waals surface area contributed by atoms with Gasteiger partial charge in [0.1, 0.15) is 5.82 Å². The summed E-state index contributed by atoms with van der Waals surface area (Å²) in [4.78, 5) is 8.90. The van der Waals surface area contributed by atoms with Gasteiger partial charge in [-0.1, -0.05) is 12.1 Å². The number of hydrogen-bond donors (Lipinski definition) is 2. The van der Waals surface area contributed by atoms with Crippen LogP contribution in [0.3, 0.4) is 0 Å². The zero-order valence-electron chi connectivity index (χ0n) is 10.7. The van der Waals surface area contributed by atoms with Crippen molar-refractivity contribution in [1.82, 2.24) is 5.32 Å². The summed E-state index contributed by atoms with van der Waals surface area (Å²) in [7, 11) is 0. The molecule has 0 aliphatic carbocycles. The Morgan fingerprint density at radius 2 is 2.05 bits per heavy atom. The molecule has 0 aromatic heterocycles. The minimum Gasteiger partial charge on any atom is -0.475 e. The van der Waals surface area contributed by atoms with Crippen LogP contribution >= 0.6 is 0 Å². The summed E-state index contributed by atoms with van der Waals surface area (Å²) in [6.07, 6.45) is -4.31. The van der Waals surface area contributed by atoms with Crippen LogP contribution < -0.4 is 5.32 Å². The van der Waals surface area contributed by atoms with Gasteiger partial charge in [0.05, 0.1) is 12.0 Å². The van der Waals surface area contributed by atoms with Gasteiger partial charge in [0.15, 0.2) is 0 Å². The third kappa shape index (κ3) is 5.39. The van der Waals surface area contributed by atoms with E-state index in [0.29, 0.717) is 6.54 Å². The molecule has 1 aromatic rings. The highest BCUT2D eigenvalue weighted by atomic mass is 19.4. The van der Waals surface area contributed by atoms with Gasteiger partial charge in [-0.3, -0.25) is 0 Å². The molecule has 1 fully saturated rings. The van der Waals surface area contributed by atoms with E-state index in [2.05, 4.69) is 11.4 Å². The first kappa shape index (κ1) is 16.9. The number of nitriles is 1. The first-order chi connectivity index (χ1) is 9.74. The number of rotatable bonds is 1. The largest absolute Gasteiger partial charge is 0.490 e. The fourth-order valence-corrected chi connectivity index (χ4v) is 1.81. The van der Waals surface area contributed by atoms with Gasteiger partial charge < -0.3 is 10.4 Å². The highest BCUT2D eigenvalue weighted by molar-refractivity contribution is 5.73. The van der Waals surface area contributed by atoms with Gasteiger partial charge in [-0.05, 0) is 24.1 Å². The average Bonchev–Trinajstić information content (AvgIpc) is 2.87. The second-order valence-electron chi connectivity index (χ2n) is 4.38. The lowest BCUT2D eigenvalue weighted by Crippen LogP contribution is -2.21. The summed E-state index contributed by atoms with van der Waals surface area (Å²) in [5, 5.41) is 19.1. The molecule has 114 valence electrons.